The number of nitrogens with one attached hydrogen (secondary N) is 1. The molecular weight excluding hydrogens is 375 g/mol. The van der Waals surface area contributed by atoms with E-state index in [0.29, 0.717) is 35.9 Å². The monoisotopic (exact) mass is 393 g/mol. The lowest BCUT2D eigenvalue weighted by Crippen LogP contribution is -2.51. The molecule has 8 nitrogen and oxygen atoms in total. The molecule has 0 aliphatic carbocycles. The second-order valence-electron chi connectivity index (χ2n) is 7.25. The van der Waals surface area contributed by atoms with E-state index < -0.39 is 18.0 Å². The number of aliphatic hydroxyl groups is 1. The number of hydrogen-bond donors (Lipinski definition) is 2. The maximum atomic E-state index is 13.6. The Morgan fingerprint density at radius 3 is 2.57 bits per heavy atom. The number of alkyl halides is 3. The van der Waals surface area contributed by atoms with Gasteiger partial charge in [-0.05, 0) is 6.92 Å². The third-order valence-corrected chi connectivity index (χ3v) is 5.32. The van der Waals surface area contributed by atoms with Crippen molar-refractivity contribution in [1.29, 1.82) is 0 Å². The van der Waals surface area contributed by atoms with E-state index in [1.807, 2.05) is 10.9 Å². The number of anilines is 1. The Bertz CT molecular complexity index is 1050. The van der Waals surface area contributed by atoms with E-state index in [-0.39, 0.29) is 11.7 Å². The van der Waals surface area contributed by atoms with Crippen molar-refractivity contribution in [3.05, 3.63) is 30.0 Å². The van der Waals surface area contributed by atoms with Crippen molar-refractivity contribution in [2.45, 2.75) is 25.2 Å². The number of fused-ring (bicyclic) bond motifs is 1. The second-order valence-corrected chi connectivity index (χ2v) is 7.25. The summed E-state index contributed by atoms with van der Waals surface area (Å²) in [5.74, 6) is 0.333. The third-order valence-electron chi connectivity index (χ3n) is 5.32. The summed E-state index contributed by atoms with van der Waals surface area (Å²) in [6, 6.07) is 0.238. The Kier molecular flexibility index (Phi) is 3.68. The first-order valence-corrected chi connectivity index (χ1v) is 8.96. The summed E-state index contributed by atoms with van der Waals surface area (Å²) in [5.41, 5.74) is 0.704. The Labute approximate surface area is 157 Å². The number of aryl methyl sites for hydroxylation is 1. The highest BCUT2D eigenvalue weighted by molar-refractivity contribution is 5.73. The maximum Gasteiger partial charge on any atom is 0.433 e. The Hall–Kier alpha value is -2.66. The number of aromatic nitrogens is 5. The molecular formula is C17H18F3N7O. The molecule has 2 aliphatic rings. The van der Waals surface area contributed by atoms with Crippen LogP contribution in [0.5, 0.6) is 0 Å². The lowest BCUT2D eigenvalue weighted by molar-refractivity contribution is -0.141. The maximum absolute atomic E-state index is 13.6. The van der Waals surface area contributed by atoms with Crippen molar-refractivity contribution < 1.29 is 18.3 Å². The van der Waals surface area contributed by atoms with Crippen LogP contribution in [0.4, 0.5) is 19.0 Å². The van der Waals surface area contributed by atoms with Gasteiger partial charge in [0.25, 0.3) is 0 Å². The summed E-state index contributed by atoms with van der Waals surface area (Å²) in [6.45, 7) is 3.84. The van der Waals surface area contributed by atoms with Gasteiger partial charge >= 0.3 is 6.18 Å². The van der Waals surface area contributed by atoms with E-state index in [0.717, 1.165) is 23.7 Å². The molecule has 148 valence electrons. The van der Waals surface area contributed by atoms with Gasteiger partial charge in [0.05, 0.1) is 30.2 Å². The molecule has 0 aromatic carbocycles. The normalized spacial score (nSPS) is 18.5. The summed E-state index contributed by atoms with van der Waals surface area (Å²) in [4.78, 5) is 10.4. The van der Waals surface area contributed by atoms with Crippen molar-refractivity contribution in [3.8, 4) is 11.3 Å². The van der Waals surface area contributed by atoms with E-state index in [1.54, 1.807) is 18.0 Å². The minimum absolute atomic E-state index is 0.135. The SMILES string of the molecule is Cc1c(-c2cnn(C3CNC3)c2)nc(N2CC(O)C2)c2ncc(C(F)(F)F)n12. The van der Waals surface area contributed by atoms with Crippen molar-refractivity contribution in [2.24, 2.45) is 0 Å². The topological polar surface area (TPSA) is 83.5 Å². The van der Waals surface area contributed by atoms with Crippen LogP contribution in [0, 0.1) is 6.92 Å². The first kappa shape index (κ1) is 17.4. The molecule has 3 aromatic heterocycles. The molecule has 0 atom stereocenters. The van der Waals surface area contributed by atoms with E-state index in [1.165, 1.54) is 0 Å². The summed E-state index contributed by atoms with van der Waals surface area (Å²) in [5, 5.41) is 17.1. The molecule has 2 aliphatic heterocycles. The van der Waals surface area contributed by atoms with Gasteiger partial charge < -0.3 is 15.3 Å². The van der Waals surface area contributed by atoms with Crippen LogP contribution in [0.25, 0.3) is 16.9 Å². The third kappa shape index (κ3) is 2.57. The van der Waals surface area contributed by atoms with Crippen LogP contribution in [0.2, 0.25) is 0 Å². The van der Waals surface area contributed by atoms with Gasteiger partial charge in [0.2, 0.25) is 0 Å². The fourth-order valence-electron chi connectivity index (χ4n) is 3.63. The van der Waals surface area contributed by atoms with Crippen LogP contribution in [-0.2, 0) is 6.18 Å². The second kappa shape index (κ2) is 5.92. The standard InChI is InChI=1S/C17H18F3N7O/c1-9-14(10-2-23-26(6-10)11-3-21-4-11)24-16(25-7-12(28)8-25)15-22-5-13(27(9)15)17(18,19)20/h2,5-6,11-12,21,28H,3-4,7-8H2,1H3. The molecule has 0 amide bonds. The first-order valence-electron chi connectivity index (χ1n) is 8.96. The largest absolute Gasteiger partial charge is 0.433 e. The molecule has 0 saturated carbocycles. The highest BCUT2D eigenvalue weighted by Gasteiger charge is 2.37. The van der Waals surface area contributed by atoms with Gasteiger partial charge in [0.1, 0.15) is 5.69 Å². The highest BCUT2D eigenvalue weighted by atomic mass is 19.4. The highest BCUT2D eigenvalue weighted by Crippen LogP contribution is 2.36. The van der Waals surface area contributed by atoms with Gasteiger partial charge in [0.15, 0.2) is 11.5 Å². The van der Waals surface area contributed by atoms with Crippen LogP contribution in [-0.4, -0.2) is 61.5 Å². The molecule has 0 bridgehead atoms. The van der Waals surface area contributed by atoms with Crippen molar-refractivity contribution in [1.82, 2.24) is 29.5 Å². The number of aliphatic hydroxyl groups excluding tert-OH is 1. The zero-order chi connectivity index (χ0) is 19.6. The average Bonchev–Trinajstić information content (AvgIpc) is 3.18. The quantitative estimate of drug-likeness (QED) is 0.697. The fourth-order valence-corrected chi connectivity index (χ4v) is 3.63. The van der Waals surface area contributed by atoms with Gasteiger partial charge in [0, 0.05) is 43.6 Å². The zero-order valence-electron chi connectivity index (χ0n) is 15.0. The molecule has 2 N–H and O–H groups in total. The minimum Gasteiger partial charge on any atom is -0.389 e. The number of imidazole rings is 1. The smallest absolute Gasteiger partial charge is 0.389 e. The van der Waals surface area contributed by atoms with Gasteiger partial charge in [-0.25, -0.2) is 9.97 Å². The van der Waals surface area contributed by atoms with E-state index in [9.17, 15) is 18.3 Å². The fraction of sp³-hybridized carbons (Fsp3) is 0.471. The van der Waals surface area contributed by atoms with E-state index in [2.05, 4.69) is 20.4 Å². The minimum atomic E-state index is -4.55. The molecule has 0 radical (unpaired) electrons. The molecule has 0 spiro atoms. The molecule has 2 saturated heterocycles. The zero-order valence-corrected chi connectivity index (χ0v) is 15.0. The van der Waals surface area contributed by atoms with Gasteiger partial charge in [-0.3, -0.25) is 9.08 Å². The Morgan fingerprint density at radius 1 is 1.21 bits per heavy atom. The number of β-amino-alcohol motifs (C(OH)–C–C–N with tert-alkyl or cyclic N) is 1. The Balaban J connectivity index is 1.69. The molecule has 3 aromatic rings. The molecule has 5 heterocycles. The lowest BCUT2D eigenvalue weighted by Gasteiger charge is -2.37. The van der Waals surface area contributed by atoms with Crippen molar-refractivity contribution in [3.63, 3.8) is 0 Å². The molecule has 5 rings (SSSR count). The van der Waals surface area contributed by atoms with Gasteiger partial charge in [-0.15, -0.1) is 0 Å². The Morgan fingerprint density at radius 2 is 1.96 bits per heavy atom. The summed E-state index contributed by atoms with van der Waals surface area (Å²) in [7, 11) is 0. The molecule has 11 heteroatoms. The number of rotatable bonds is 3. The molecule has 2 fully saturated rings. The van der Waals surface area contributed by atoms with Crippen LogP contribution >= 0.6 is 0 Å². The number of halogens is 3. The summed E-state index contributed by atoms with van der Waals surface area (Å²) in [6.07, 6.45) is -0.797. The van der Waals surface area contributed by atoms with Gasteiger partial charge in [-0.1, -0.05) is 0 Å². The lowest BCUT2D eigenvalue weighted by atomic mass is 10.1. The van der Waals surface area contributed by atoms with E-state index >= 15 is 0 Å². The molecule has 0 unspecified atom stereocenters. The average molecular weight is 393 g/mol. The first-order chi connectivity index (χ1) is 13.3. The molecule has 28 heavy (non-hydrogen) atoms. The van der Waals surface area contributed by atoms with Gasteiger partial charge in [-0.2, -0.15) is 18.3 Å². The summed E-state index contributed by atoms with van der Waals surface area (Å²) < 4.78 is 43.6. The number of hydrogen-bond acceptors (Lipinski definition) is 6. The predicted octanol–water partition coefficient (Wildman–Crippen LogP) is 1.25. The van der Waals surface area contributed by atoms with Crippen LogP contribution < -0.4 is 10.2 Å². The number of nitrogens with zero attached hydrogens (tertiary/aromatic N) is 6. The van der Waals surface area contributed by atoms with Crippen molar-refractivity contribution >= 4 is 11.5 Å². The van der Waals surface area contributed by atoms with Crippen LogP contribution in [0.3, 0.4) is 0 Å². The predicted molar refractivity (Wildman–Crippen MR) is 94.1 cm³/mol. The summed E-state index contributed by atoms with van der Waals surface area (Å²) >= 11 is 0. The van der Waals surface area contributed by atoms with Crippen LogP contribution in [0.15, 0.2) is 18.6 Å². The van der Waals surface area contributed by atoms with Crippen molar-refractivity contribution in [2.75, 3.05) is 31.1 Å². The van der Waals surface area contributed by atoms with E-state index in [4.69, 9.17) is 0 Å². The van der Waals surface area contributed by atoms with Crippen LogP contribution in [0.1, 0.15) is 17.4 Å².